The van der Waals surface area contributed by atoms with Crippen LogP contribution in [0.1, 0.15) is 27.7 Å². The van der Waals surface area contributed by atoms with E-state index in [0.717, 1.165) is 11.4 Å². The van der Waals surface area contributed by atoms with Crippen molar-refractivity contribution < 1.29 is 23.6 Å². The number of amides is 1. The van der Waals surface area contributed by atoms with Gasteiger partial charge in [-0.05, 0) is 56.3 Å². The second-order valence-electron chi connectivity index (χ2n) is 7.56. The van der Waals surface area contributed by atoms with E-state index in [4.69, 9.17) is 13.9 Å². The third-order valence-corrected chi connectivity index (χ3v) is 4.95. The molecule has 174 valence electrons. The Morgan fingerprint density at radius 2 is 1.79 bits per heavy atom. The molecule has 2 aromatic carbocycles. The van der Waals surface area contributed by atoms with Crippen molar-refractivity contribution in [3.05, 3.63) is 93.7 Å². The Hall–Kier alpha value is -4.60. The molecular weight excluding hydrogens is 440 g/mol. The number of carbonyl (C=O) groups is 1. The minimum atomic E-state index is -0.560. The van der Waals surface area contributed by atoms with Crippen LogP contribution in [0.25, 0.3) is 0 Å². The number of hydrogen-bond acceptors (Lipinski definition) is 7. The minimum Gasteiger partial charge on any atom is -0.497 e. The van der Waals surface area contributed by atoms with Crippen molar-refractivity contribution >= 4 is 17.3 Å². The van der Waals surface area contributed by atoms with Crippen LogP contribution in [-0.4, -0.2) is 27.7 Å². The number of nitro groups is 1. The Morgan fingerprint density at radius 3 is 2.44 bits per heavy atom. The maximum atomic E-state index is 12.7. The number of hydrogen-bond donors (Lipinski definition) is 1. The second kappa shape index (κ2) is 9.49. The molecule has 0 aliphatic carbocycles. The maximum Gasteiger partial charge on any atom is 0.291 e. The van der Waals surface area contributed by atoms with E-state index in [9.17, 15) is 14.9 Å². The van der Waals surface area contributed by atoms with Gasteiger partial charge in [-0.3, -0.25) is 19.6 Å². The fraction of sp³-hybridized carbons (Fsp3) is 0.167. The van der Waals surface area contributed by atoms with Gasteiger partial charge in [-0.15, -0.1) is 0 Å². The zero-order valence-corrected chi connectivity index (χ0v) is 18.8. The molecule has 0 unspecified atom stereocenters. The van der Waals surface area contributed by atoms with Crippen LogP contribution in [-0.2, 0) is 6.54 Å². The molecule has 0 radical (unpaired) electrons. The van der Waals surface area contributed by atoms with E-state index in [0.29, 0.717) is 23.8 Å². The lowest BCUT2D eigenvalue weighted by molar-refractivity contribution is -0.384. The lowest BCUT2D eigenvalue weighted by atomic mass is 10.2. The van der Waals surface area contributed by atoms with E-state index in [1.54, 1.807) is 48.2 Å². The lowest BCUT2D eigenvalue weighted by Crippen LogP contribution is -2.11. The molecule has 0 spiro atoms. The predicted octanol–water partition coefficient (Wildman–Crippen LogP) is 5.10. The van der Waals surface area contributed by atoms with Gasteiger partial charge >= 0.3 is 0 Å². The standard InChI is InChI=1S/C24H22N4O6/c1-15-10-16(2)27(26-15)14-21-8-9-23(34-21)24(29)25-17-11-18(28(30)31)13-22(12-17)33-20-6-4-19(32-3)5-7-20/h4-13H,14H2,1-3H3,(H,25,29). The highest BCUT2D eigenvalue weighted by Crippen LogP contribution is 2.31. The normalized spacial score (nSPS) is 10.7. The highest BCUT2D eigenvalue weighted by Gasteiger charge is 2.17. The quantitative estimate of drug-likeness (QED) is 0.285. The summed E-state index contributed by atoms with van der Waals surface area (Å²) < 4.78 is 18.3. The second-order valence-corrected chi connectivity index (χ2v) is 7.56. The fourth-order valence-electron chi connectivity index (χ4n) is 3.36. The molecule has 4 aromatic rings. The van der Waals surface area contributed by atoms with Gasteiger partial charge in [-0.1, -0.05) is 0 Å². The van der Waals surface area contributed by atoms with Crippen LogP contribution in [0.15, 0.2) is 65.1 Å². The molecule has 0 saturated heterocycles. The molecule has 10 nitrogen and oxygen atoms in total. The summed E-state index contributed by atoms with van der Waals surface area (Å²) in [4.78, 5) is 23.6. The van der Waals surface area contributed by atoms with Crippen molar-refractivity contribution in [2.24, 2.45) is 0 Å². The number of aromatic nitrogens is 2. The summed E-state index contributed by atoms with van der Waals surface area (Å²) in [5.41, 5.74) is 1.83. The molecule has 0 fully saturated rings. The van der Waals surface area contributed by atoms with Gasteiger partial charge in [0.2, 0.25) is 0 Å². The van der Waals surface area contributed by atoms with E-state index in [1.807, 2.05) is 19.9 Å². The Morgan fingerprint density at radius 1 is 1.06 bits per heavy atom. The highest BCUT2D eigenvalue weighted by atomic mass is 16.6. The highest BCUT2D eigenvalue weighted by molar-refractivity contribution is 6.02. The number of aryl methyl sites for hydroxylation is 2. The number of rotatable bonds is 8. The average molecular weight is 462 g/mol. The summed E-state index contributed by atoms with van der Waals surface area (Å²) in [6, 6.07) is 16.0. The van der Waals surface area contributed by atoms with Crippen molar-refractivity contribution in [1.29, 1.82) is 0 Å². The monoisotopic (exact) mass is 462 g/mol. The molecule has 1 N–H and O–H groups in total. The average Bonchev–Trinajstić information content (AvgIpc) is 3.40. The fourth-order valence-corrected chi connectivity index (χ4v) is 3.36. The summed E-state index contributed by atoms with van der Waals surface area (Å²) in [5, 5.41) is 18.4. The Bertz CT molecular complexity index is 1340. The zero-order chi connectivity index (χ0) is 24.2. The van der Waals surface area contributed by atoms with E-state index < -0.39 is 10.8 Å². The molecule has 0 bridgehead atoms. The van der Waals surface area contributed by atoms with Crippen LogP contribution >= 0.6 is 0 Å². The van der Waals surface area contributed by atoms with E-state index in [1.165, 1.54) is 18.2 Å². The first-order chi connectivity index (χ1) is 16.3. The number of ether oxygens (including phenoxy) is 2. The van der Waals surface area contributed by atoms with Crippen molar-refractivity contribution in [3.8, 4) is 17.2 Å². The maximum absolute atomic E-state index is 12.7. The van der Waals surface area contributed by atoms with Crippen LogP contribution in [0.2, 0.25) is 0 Å². The number of nitro benzene ring substituents is 1. The van der Waals surface area contributed by atoms with Gasteiger partial charge < -0.3 is 19.2 Å². The summed E-state index contributed by atoms with van der Waals surface area (Å²) in [5.74, 6) is 1.38. The third-order valence-electron chi connectivity index (χ3n) is 4.95. The molecule has 0 aliphatic heterocycles. The van der Waals surface area contributed by atoms with Crippen molar-refractivity contribution in [2.75, 3.05) is 12.4 Å². The van der Waals surface area contributed by atoms with Gasteiger partial charge in [0, 0.05) is 17.8 Å². The molecule has 1 amide bonds. The van der Waals surface area contributed by atoms with E-state index in [2.05, 4.69) is 10.4 Å². The molecule has 0 saturated carbocycles. The SMILES string of the molecule is COc1ccc(Oc2cc(NC(=O)c3ccc(Cn4nc(C)cc4C)o3)cc([N+](=O)[O-])c2)cc1. The molecule has 34 heavy (non-hydrogen) atoms. The van der Waals surface area contributed by atoms with Crippen LogP contribution in [0.4, 0.5) is 11.4 Å². The number of methoxy groups -OCH3 is 1. The number of nitrogens with one attached hydrogen (secondary N) is 1. The third kappa shape index (κ3) is 5.23. The first kappa shape index (κ1) is 22.6. The van der Waals surface area contributed by atoms with Gasteiger partial charge in [-0.25, -0.2) is 0 Å². The number of carbonyl (C=O) groups excluding carboxylic acids is 1. The molecule has 2 aromatic heterocycles. The van der Waals surface area contributed by atoms with E-state index in [-0.39, 0.29) is 22.9 Å². The molecule has 10 heteroatoms. The summed E-state index contributed by atoms with van der Waals surface area (Å²) in [6.07, 6.45) is 0. The number of benzene rings is 2. The Labute approximate surface area is 194 Å². The van der Waals surface area contributed by atoms with Gasteiger partial charge in [0.15, 0.2) is 5.76 Å². The lowest BCUT2D eigenvalue weighted by Gasteiger charge is -2.09. The van der Waals surface area contributed by atoms with Crippen molar-refractivity contribution in [2.45, 2.75) is 20.4 Å². The topological polar surface area (TPSA) is 122 Å². The molecule has 4 rings (SSSR count). The number of anilines is 1. The van der Waals surface area contributed by atoms with Crippen LogP contribution in [0.5, 0.6) is 17.2 Å². The van der Waals surface area contributed by atoms with Crippen LogP contribution in [0.3, 0.4) is 0 Å². The molecule has 0 atom stereocenters. The largest absolute Gasteiger partial charge is 0.497 e. The first-order valence-corrected chi connectivity index (χ1v) is 10.3. The number of nitrogens with zero attached hydrogens (tertiary/aromatic N) is 3. The van der Waals surface area contributed by atoms with Gasteiger partial charge in [0.25, 0.3) is 11.6 Å². The molecule has 0 aliphatic rings. The minimum absolute atomic E-state index is 0.0701. The smallest absolute Gasteiger partial charge is 0.291 e. The summed E-state index contributed by atoms with van der Waals surface area (Å²) in [6.45, 7) is 4.21. The zero-order valence-electron chi connectivity index (χ0n) is 18.8. The first-order valence-electron chi connectivity index (χ1n) is 10.3. The number of non-ortho nitro benzene ring substituents is 1. The summed E-state index contributed by atoms with van der Waals surface area (Å²) in [7, 11) is 1.55. The van der Waals surface area contributed by atoms with Crippen molar-refractivity contribution in [3.63, 3.8) is 0 Å². The predicted molar refractivity (Wildman–Crippen MR) is 124 cm³/mol. The van der Waals surface area contributed by atoms with Crippen LogP contribution in [0, 0.1) is 24.0 Å². The van der Waals surface area contributed by atoms with Gasteiger partial charge in [0.05, 0.1) is 36.0 Å². The van der Waals surface area contributed by atoms with E-state index >= 15 is 0 Å². The van der Waals surface area contributed by atoms with Crippen LogP contribution < -0.4 is 14.8 Å². The summed E-state index contributed by atoms with van der Waals surface area (Å²) >= 11 is 0. The van der Waals surface area contributed by atoms with Gasteiger partial charge in [0.1, 0.15) is 23.0 Å². The number of furan rings is 1. The van der Waals surface area contributed by atoms with Gasteiger partial charge in [-0.2, -0.15) is 5.10 Å². The molecule has 2 heterocycles. The Kier molecular flexibility index (Phi) is 6.30. The van der Waals surface area contributed by atoms with Crippen molar-refractivity contribution in [1.82, 2.24) is 9.78 Å². The molecular formula is C24H22N4O6. The Balaban J connectivity index is 1.51.